The van der Waals surface area contributed by atoms with E-state index in [4.69, 9.17) is 9.47 Å². The zero-order valence-electron chi connectivity index (χ0n) is 14.1. The quantitative estimate of drug-likeness (QED) is 0.628. The molecule has 0 aliphatic rings. The van der Waals surface area contributed by atoms with Crippen molar-refractivity contribution in [3.63, 3.8) is 0 Å². The van der Waals surface area contributed by atoms with Gasteiger partial charge in [-0.15, -0.1) is 0 Å². The van der Waals surface area contributed by atoms with Crippen molar-refractivity contribution in [2.24, 2.45) is 0 Å². The lowest BCUT2D eigenvalue weighted by Crippen LogP contribution is -2.22. The van der Waals surface area contributed by atoms with E-state index in [1.54, 1.807) is 30.3 Å². The maximum absolute atomic E-state index is 12.1. The van der Waals surface area contributed by atoms with Crippen LogP contribution in [-0.4, -0.2) is 34.8 Å². The third-order valence-electron chi connectivity index (χ3n) is 3.02. The largest absolute Gasteiger partial charge is 0.506 e. The fourth-order valence-corrected chi connectivity index (χ4v) is 1.87. The van der Waals surface area contributed by atoms with Gasteiger partial charge in [-0.3, -0.25) is 4.79 Å². The Bertz CT molecular complexity index is 678. The number of ether oxygens (including phenoxy) is 2. The summed E-state index contributed by atoms with van der Waals surface area (Å²) in [5.41, 5.74) is 0.514. The smallest absolute Gasteiger partial charge is 0.257 e. The van der Waals surface area contributed by atoms with Gasteiger partial charge in [-0.25, -0.2) is 4.98 Å². The van der Waals surface area contributed by atoms with Gasteiger partial charge in [0.15, 0.2) is 0 Å². The number of aromatic nitrogens is 1. The maximum Gasteiger partial charge on any atom is 0.257 e. The Morgan fingerprint density at radius 1 is 1.17 bits per heavy atom. The van der Waals surface area contributed by atoms with E-state index < -0.39 is 0 Å². The molecule has 0 unspecified atom stereocenters. The number of para-hydroxylation sites is 2. The Morgan fingerprint density at radius 2 is 1.92 bits per heavy atom. The number of rotatable bonds is 6. The number of phenols is 1. The van der Waals surface area contributed by atoms with E-state index in [1.807, 2.05) is 20.8 Å². The van der Waals surface area contributed by atoms with Crippen molar-refractivity contribution in [3.05, 3.63) is 48.2 Å². The van der Waals surface area contributed by atoms with E-state index in [1.165, 1.54) is 12.3 Å². The van der Waals surface area contributed by atoms with Gasteiger partial charge in [-0.05, 0) is 39.0 Å². The number of anilines is 1. The first-order valence-electron chi connectivity index (χ1n) is 7.67. The highest BCUT2D eigenvalue weighted by molar-refractivity contribution is 6.04. The summed E-state index contributed by atoms with van der Waals surface area (Å²) in [6.07, 6.45) is 1.43. The Kier molecular flexibility index (Phi) is 5.76. The number of nitrogens with zero attached hydrogens (tertiary/aromatic N) is 1. The molecular formula is C18H22N2O4. The number of hydrogen-bond donors (Lipinski definition) is 2. The summed E-state index contributed by atoms with van der Waals surface area (Å²) in [5.74, 6) is 0.0795. The molecule has 0 aliphatic carbocycles. The Hall–Kier alpha value is -2.60. The van der Waals surface area contributed by atoms with Crippen LogP contribution in [0, 0.1) is 0 Å². The molecule has 128 valence electrons. The molecular weight excluding hydrogens is 308 g/mol. The van der Waals surface area contributed by atoms with Crippen molar-refractivity contribution in [1.82, 2.24) is 4.98 Å². The van der Waals surface area contributed by atoms with Crippen LogP contribution in [0.5, 0.6) is 11.6 Å². The normalized spacial score (nSPS) is 11.1. The molecule has 1 aromatic heterocycles. The molecule has 24 heavy (non-hydrogen) atoms. The van der Waals surface area contributed by atoms with Crippen LogP contribution < -0.4 is 10.1 Å². The highest BCUT2D eigenvalue weighted by atomic mass is 16.5. The minimum absolute atomic E-state index is 0.0117. The number of benzene rings is 1. The Labute approximate surface area is 141 Å². The van der Waals surface area contributed by atoms with Gasteiger partial charge in [-0.2, -0.15) is 0 Å². The van der Waals surface area contributed by atoms with Gasteiger partial charge >= 0.3 is 0 Å². The van der Waals surface area contributed by atoms with Crippen LogP contribution in [0.4, 0.5) is 5.69 Å². The fraction of sp³-hybridized carbons (Fsp3) is 0.333. The molecule has 0 spiro atoms. The fourth-order valence-electron chi connectivity index (χ4n) is 1.87. The van der Waals surface area contributed by atoms with Gasteiger partial charge in [0.2, 0.25) is 5.88 Å². The monoisotopic (exact) mass is 330 g/mol. The second-order valence-electron chi connectivity index (χ2n) is 6.17. The Balaban J connectivity index is 1.87. The molecule has 2 rings (SSSR count). The second kappa shape index (κ2) is 7.79. The predicted octanol–water partition coefficient (Wildman–Crippen LogP) is 3.23. The van der Waals surface area contributed by atoms with Crippen molar-refractivity contribution < 1.29 is 19.4 Å². The number of pyridine rings is 1. The number of carbonyl (C=O) groups is 1. The molecule has 0 saturated heterocycles. The lowest BCUT2D eigenvalue weighted by molar-refractivity contribution is -0.0168. The Morgan fingerprint density at radius 3 is 2.54 bits per heavy atom. The van der Waals surface area contributed by atoms with Gasteiger partial charge < -0.3 is 19.9 Å². The van der Waals surface area contributed by atoms with E-state index in [0.29, 0.717) is 30.3 Å². The molecule has 2 aromatic rings. The minimum atomic E-state index is -0.355. The lowest BCUT2D eigenvalue weighted by atomic mass is 10.2. The number of phenolic OH excluding ortho intramolecular Hbond substituents is 1. The molecule has 0 saturated carbocycles. The minimum Gasteiger partial charge on any atom is -0.506 e. The topological polar surface area (TPSA) is 80.7 Å². The average Bonchev–Trinajstić information content (AvgIpc) is 2.53. The number of amides is 1. The summed E-state index contributed by atoms with van der Waals surface area (Å²) < 4.78 is 11.0. The number of carbonyl (C=O) groups excluding carboxylic acids is 1. The van der Waals surface area contributed by atoms with Crippen molar-refractivity contribution in [2.45, 2.75) is 26.4 Å². The average molecular weight is 330 g/mol. The van der Waals surface area contributed by atoms with E-state index in [9.17, 15) is 9.90 Å². The molecule has 0 atom stereocenters. The van der Waals surface area contributed by atoms with Gasteiger partial charge in [0.25, 0.3) is 5.91 Å². The van der Waals surface area contributed by atoms with E-state index >= 15 is 0 Å². The van der Waals surface area contributed by atoms with Crippen molar-refractivity contribution in [2.75, 3.05) is 18.5 Å². The second-order valence-corrected chi connectivity index (χ2v) is 6.17. The summed E-state index contributed by atoms with van der Waals surface area (Å²) >= 11 is 0. The molecule has 0 fully saturated rings. The molecule has 1 amide bonds. The van der Waals surface area contributed by atoms with Gasteiger partial charge in [0.05, 0.1) is 23.5 Å². The van der Waals surface area contributed by atoms with Crippen LogP contribution >= 0.6 is 0 Å². The number of aromatic hydroxyl groups is 1. The third-order valence-corrected chi connectivity index (χ3v) is 3.02. The molecule has 0 bridgehead atoms. The molecule has 6 heteroatoms. The van der Waals surface area contributed by atoms with E-state index in [2.05, 4.69) is 10.3 Å². The zero-order valence-corrected chi connectivity index (χ0v) is 14.1. The summed E-state index contributed by atoms with van der Waals surface area (Å²) in [6.45, 7) is 6.77. The first-order chi connectivity index (χ1) is 11.3. The summed E-state index contributed by atoms with van der Waals surface area (Å²) in [4.78, 5) is 16.2. The van der Waals surface area contributed by atoms with Crippen LogP contribution in [0.2, 0.25) is 0 Å². The first kappa shape index (κ1) is 17.7. The highest BCUT2D eigenvalue weighted by Gasteiger charge is 2.11. The van der Waals surface area contributed by atoms with Crippen LogP contribution in [-0.2, 0) is 4.74 Å². The first-order valence-corrected chi connectivity index (χ1v) is 7.67. The molecule has 2 N–H and O–H groups in total. The zero-order chi connectivity index (χ0) is 17.6. The summed E-state index contributed by atoms with van der Waals surface area (Å²) in [7, 11) is 0. The van der Waals surface area contributed by atoms with Crippen LogP contribution in [0.3, 0.4) is 0 Å². The maximum atomic E-state index is 12.1. The molecule has 1 aromatic carbocycles. The third kappa shape index (κ3) is 5.55. The molecule has 1 heterocycles. The SMILES string of the molecule is CC(C)(C)OCCOc1ccc(C(=O)Nc2ccccc2O)cn1. The van der Waals surface area contributed by atoms with Gasteiger partial charge in [0, 0.05) is 12.3 Å². The summed E-state index contributed by atoms with van der Waals surface area (Å²) in [6, 6.07) is 9.77. The van der Waals surface area contributed by atoms with Crippen molar-refractivity contribution in [3.8, 4) is 11.6 Å². The molecule has 0 aliphatic heterocycles. The van der Waals surface area contributed by atoms with E-state index in [-0.39, 0.29) is 17.3 Å². The molecule has 6 nitrogen and oxygen atoms in total. The highest BCUT2D eigenvalue weighted by Crippen LogP contribution is 2.22. The predicted molar refractivity (Wildman–Crippen MR) is 91.5 cm³/mol. The number of nitrogens with one attached hydrogen (secondary N) is 1. The van der Waals surface area contributed by atoms with Gasteiger partial charge in [0.1, 0.15) is 12.4 Å². The summed E-state index contributed by atoms with van der Waals surface area (Å²) in [5, 5.41) is 12.3. The van der Waals surface area contributed by atoms with Gasteiger partial charge in [-0.1, -0.05) is 12.1 Å². The van der Waals surface area contributed by atoms with E-state index in [0.717, 1.165) is 0 Å². The van der Waals surface area contributed by atoms with Crippen molar-refractivity contribution in [1.29, 1.82) is 0 Å². The standard InChI is InChI=1S/C18H22N2O4/c1-18(2,3)24-11-10-23-16-9-8-13(12-19-16)17(22)20-14-6-4-5-7-15(14)21/h4-9,12,21H,10-11H2,1-3H3,(H,20,22). The number of hydrogen-bond acceptors (Lipinski definition) is 5. The van der Waals surface area contributed by atoms with Crippen LogP contribution in [0.1, 0.15) is 31.1 Å². The van der Waals surface area contributed by atoms with Crippen molar-refractivity contribution >= 4 is 11.6 Å². The van der Waals surface area contributed by atoms with Crippen LogP contribution in [0.25, 0.3) is 0 Å². The molecule has 0 radical (unpaired) electrons. The lowest BCUT2D eigenvalue weighted by Gasteiger charge is -2.19. The van der Waals surface area contributed by atoms with Crippen LogP contribution in [0.15, 0.2) is 42.6 Å².